The molecule has 2 amide bonds. The molecule has 0 aromatic heterocycles. The summed E-state index contributed by atoms with van der Waals surface area (Å²) in [4.78, 5) is 23.3. The third kappa shape index (κ3) is 5.38. The van der Waals surface area contributed by atoms with Gasteiger partial charge in [-0.2, -0.15) is 0 Å². The number of hydrogen-bond donors (Lipinski definition) is 2. The van der Waals surface area contributed by atoms with E-state index < -0.39 is 11.7 Å². The van der Waals surface area contributed by atoms with Gasteiger partial charge in [0, 0.05) is 18.5 Å². The molecule has 0 bridgehead atoms. The SMILES string of the molecule is Cc1ccc(C(=O)NCCC(=O)NC(C)(C)C)c(F)c1. The molecule has 0 saturated carbocycles. The second-order valence-electron chi connectivity index (χ2n) is 5.79. The second kappa shape index (κ2) is 6.50. The molecule has 1 aromatic carbocycles. The molecular weight excluding hydrogens is 259 g/mol. The van der Waals surface area contributed by atoms with Crippen molar-refractivity contribution in [1.29, 1.82) is 0 Å². The molecule has 0 aliphatic carbocycles. The zero-order valence-corrected chi connectivity index (χ0v) is 12.3. The maximum absolute atomic E-state index is 13.6. The number of rotatable bonds is 4. The van der Waals surface area contributed by atoms with E-state index >= 15 is 0 Å². The number of carbonyl (C=O) groups excluding carboxylic acids is 2. The molecule has 110 valence electrons. The van der Waals surface area contributed by atoms with E-state index in [2.05, 4.69) is 10.6 Å². The van der Waals surface area contributed by atoms with Crippen molar-refractivity contribution in [3.63, 3.8) is 0 Å². The lowest BCUT2D eigenvalue weighted by atomic mass is 10.1. The van der Waals surface area contributed by atoms with E-state index in [1.807, 2.05) is 20.8 Å². The van der Waals surface area contributed by atoms with Crippen LogP contribution in [0.25, 0.3) is 0 Å². The Kier molecular flexibility index (Phi) is 5.25. The van der Waals surface area contributed by atoms with Crippen LogP contribution < -0.4 is 10.6 Å². The molecular formula is C15H21FN2O2. The highest BCUT2D eigenvalue weighted by Gasteiger charge is 2.15. The van der Waals surface area contributed by atoms with Crippen LogP contribution in [0.3, 0.4) is 0 Å². The van der Waals surface area contributed by atoms with E-state index in [1.54, 1.807) is 13.0 Å². The predicted molar refractivity (Wildman–Crippen MR) is 76.0 cm³/mol. The number of amides is 2. The first-order chi connectivity index (χ1) is 9.19. The van der Waals surface area contributed by atoms with E-state index in [-0.39, 0.29) is 30.0 Å². The van der Waals surface area contributed by atoms with E-state index in [9.17, 15) is 14.0 Å². The molecule has 0 heterocycles. The molecule has 4 nitrogen and oxygen atoms in total. The van der Waals surface area contributed by atoms with E-state index in [1.165, 1.54) is 12.1 Å². The monoisotopic (exact) mass is 280 g/mol. The molecule has 0 fully saturated rings. The fourth-order valence-corrected chi connectivity index (χ4v) is 1.67. The Morgan fingerprint density at radius 1 is 1.25 bits per heavy atom. The van der Waals surface area contributed by atoms with Gasteiger partial charge in [-0.25, -0.2) is 4.39 Å². The van der Waals surface area contributed by atoms with Gasteiger partial charge in [-0.3, -0.25) is 9.59 Å². The molecule has 0 radical (unpaired) electrons. The van der Waals surface area contributed by atoms with Gasteiger partial charge < -0.3 is 10.6 Å². The normalized spacial score (nSPS) is 11.1. The summed E-state index contributed by atoms with van der Waals surface area (Å²) in [6.07, 6.45) is 0.163. The molecule has 0 aliphatic heterocycles. The van der Waals surface area contributed by atoms with Gasteiger partial charge in [0.15, 0.2) is 0 Å². The van der Waals surface area contributed by atoms with Gasteiger partial charge in [-0.1, -0.05) is 6.07 Å². The topological polar surface area (TPSA) is 58.2 Å². The molecule has 1 rings (SSSR count). The van der Waals surface area contributed by atoms with Crippen molar-refractivity contribution < 1.29 is 14.0 Å². The maximum atomic E-state index is 13.6. The van der Waals surface area contributed by atoms with Crippen LogP contribution in [0.15, 0.2) is 18.2 Å². The Morgan fingerprint density at radius 2 is 1.90 bits per heavy atom. The zero-order valence-electron chi connectivity index (χ0n) is 12.3. The van der Waals surface area contributed by atoms with Crippen LogP contribution in [0.5, 0.6) is 0 Å². The lowest BCUT2D eigenvalue weighted by Crippen LogP contribution is -2.42. The molecule has 0 saturated heterocycles. The molecule has 0 aliphatic rings. The summed E-state index contributed by atoms with van der Waals surface area (Å²) >= 11 is 0. The maximum Gasteiger partial charge on any atom is 0.254 e. The van der Waals surface area contributed by atoms with Crippen molar-refractivity contribution in [2.24, 2.45) is 0 Å². The van der Waals surface area contributed by atoms with Crippen molar-refractivity contribution in [3.05, 3.63) is 35.1 Å². The molecule has 20 heavy (non-hydrogen) atoms. The highest BCUT2D eigenvalue weighted by Crippen LogP contribution is 2.09. The third-order valence-electron chi connectivity index (χ3n) is 2.52. The van der Waals surface area contributed by atoms with Gasteiger partial charge in [-0.15, -0.1) is 0 Å². The Balaban J connectivity index is 2.46. The molecule has 0 unspecified atom stereocenters. The Morgan fingerprint density at radius 3 is 2.45 bits per heavy atom. The van der Waals surface area contributed by atoms with Crippen LogP contribution in [0.4, 0.5) is 4.39 Å². The van der Waals surface area contributed by atoms with Gasteiger partial charge in [0.25, 0.3) is 5.91 Å². The van der Waals surface area contributed by atoms with Gasteiger partial charge in [-0.05, 0) is 45.4 Å². The molecule has 0 atom stereocenters. The van der Waals surface area contributed by atoms with Gasteiger partial charge in [0.05, 0.1) is 5.56 Å². The first-order valence-corrected chi connectivity index (χ1v) is 6.54. The summed E-state index contributed by atoms with van der Waals surface area (Å²) < 4.78 is 13.6. The van der Waals surface area contributed by atoms with Crippen molar-refractivity contribution in [2.75, 3.05) is 6.54 Å². The van der Waals surface area contributed by atoms with Crippen LogP contribution in [0, 0.1) is 12.7 Å². The molecule has 1 aromatic rings. The minimum atomic E-state index is -0.554. The predicted octanol–water partition coefficient (Wildman–Crippen LogP) is 2.17. The standard InChI is InChI=1S/C15H21FN2O2/c1-10-5-6-11(12(16)9-10)14(20)17-8-7-13(19)18-15(2,3)4/h5-6,9H,7-8H2,1-4H3,(H,17,20)(H,18,19). The van der Waals surface area contributed by atoms with E-state index in [0.29, 0.717) is 0 Å². The first-order valence-electron chi connectivity index (χ1n) is 6.54. The number of carbonyl (C=O) groups is 2. The van der Waals surface area contributed by atoms with Gasteiger partial charge >= 0.3 is 0 Å². The summed E-state index contributed by atoms with van der Waals surface area (Å²) in [6.45, 7) is 7.57. The summed E-state index contributed by atoms with van der Waals surface area (Å²) in [5.41, 5.74) is 0.444. The van der Waals surface area contributed by atoms with Crippen molar-refractivity contribution in [1.82, 2.24) is 10.6 Å². The Labute approximate surface area is 118 Å². The number of halogens is 1. The quantitative estimate of drug-likeness (QED) is 0.888. The summed E-state index contributed by atoms with van der Waals surface area (Å²) in [6, 6.07) is 4.42. The molecule has 2 N–H and O–H groups in total. The van der Waals surface area contributed by atoms with Crippen LogP contribution in [0.2, 0.25) is 0 Å². The molecule has 0 spiro atoms. The Hall–Kier alpha value is -1.91. The highest BCUT2D eigenvalue weighted by atomic mass is 19.1. The zero-order chi connectivity index (χ0) is 15.3. The number of hydrogen-bond acceptors (Lipinski definition) is 2. The number of nitrogens with one attached hydrogen (secondary N) is 2. The largest absolute Gasteiger partial charge is 0.351 e. The number of benzene rings is 1. The average molecular weight is 280 g/mol. The first kappa shape index (κ1) is 16.1. The van der Waals surface area contributed by atoms with Crippen molar-refractivity contribution >= 4 is 11.8 Å². The molecule has 5 heteroatoms. The van der Waals surface area contributed by atoms with Gasteiger partial charge in [0.1, 0.15) is 5.82 Å². The summed E-state index contributed by atoms with van der Waals surface area (Å²) in [7, 11) is 0. The van der Waals surface area contributed by atoms with Crippen LogP contribution >= 0.6 is 0 Å². The lowest BCUT2D eigenvalue weighted by molar-refractivity contribution is -0.122. The summed E-state index contributed by atoms with van der Waals surface area (Å²) in [5.74, 6) is -1.21. The van der Waals surface area contributed by atoms with Crippen molar-refractivity contribution in [3.8, 4) is 0 Å². The average Bonchev–Trinajstić information content (AvgIpc) is 2.25. The third-order valence-corrected chi connectivity index (χ3v) is 2.52. The lowest BCUT2D eigenvalue weighted by Gasteiger charge is -2.20. The fourth-order valence-electron chi connectivity index (χ4n) is 1.67. The minimum Gasteiger partial charge on any atom is -0.351 e. The van der Waals surface area contributed by atoms with Crippen LogP contribution in [-0.4, -0.2) is 23.9 Å². The fraction of sp³-hybridized carbons (Fsp3) is 0.467. The van der Waals surface area contributed by atoms with E-state index in [4.69, 9.17) is 0 Å². The van der Waals surface area contributed by atoms with E-state index in [0.717, 1.165) is 5.56 Å². The Bertz CT molecular complexity index is 507. The summed E-state index contributed by atoms with van der Waals surface area (Å²) in [5, 5.41) is 5.32. The minimum absolute atomic E-state index is 0.00757. The van der Waals surface area contributed by atoms with Crippen LogP contribution in [-0.2, 0) is 4.79 Å². The number of aryl methyl sites for hydroxylation is 1. The smallest absolute Gasteiger partial charge is 0.254 e. The van der Waals surface area contributed by atoms with Gasteiger partial charge in [0.2, 0.25) is 5.91 Å². The highest BCUT2D eigenvalue weighted by molar-refractivity contribution is 5.94. The van der Waals surface area contributed by atoms with Crippen molar-refractivity contribution in [2.45, 2.75) is 39.7 Å². The van der Waals surface area contributed by atoms with Crippen LogP contribution in [0.1, 0.15) is 43.1 Å². The second-order valence-corrected chi connectivity index (χ2v) is 5.79.